The fourth-order valence-corrected chi connectivity index (χ4v) is 3.00. The van der Waals surface area contributed by atoms with Gasteiger partial charge in [0.15, 0.2) is 5.78 Å². The fraction of sp³-hybridized carbons (Fsp3) is 0.167. The first kappa shape index (κ1) is 15.1. The van der Waals surface area contributed by atoms with E-state index in [2.05, 4.69) is 0 Å². The van der Waals surface area contributed by atoms with Crippen LogP contribution in [0.2, 0.25) is 10.0 Å². The predicted molar refractivity (Wildman–Crippen MR) is 90.1 cm³/mol. The molecule has 2 aromatic carbocycles. The number of benzene rings is 2. The number of rotatable bonds is 2. The van der Waals surface area contributed by atoms with Gasteiger partial charge in [0, 0.05) is 11.1 Å². The van der Waals surface area contributed by atoms with Gasteiger partial charge in [-0.05, 0) is 54.3 Å². The standard InChI is InChI=1S/C18H14Cl2O2/c1-22-14-7-8-15-11(10-14)5-6-13(18(15)21)9-12-3-2-4-16(19)17(12)20/h2-4,7-10H,5-6H2,1H3/b13-9+. The first-order valence-electron chi connectivity index (χ1n) is 6.96. The molecule has 0 N–H and O–H groups in total. The number of allylic oxidation sites excluding steroid dienone is 1. The van der Waals surface area contributed by atoms with E-state index in [1.165, 1.54) is 0 Å². The second-order valence-electron chi connectivity index (χ2n) is 5.16. The van der Waals surface area contributed by atoms with Crippen LogP contribution in [-0.2, 0) is 6.42 Å². The third-order valence-electron chi connectivity index (χ3n) is 3.82. The Hall–Kier alpha value is -1.77. The van der Waals surface area contributed by atoms with Crippen LogP contribution in [0.15, 0.2) is 42.0 Å². The average Bonchev–Trinajstić information content (AvgIpc) is 2.54. The topological polar surface area (TPSA) is 26.3 Å². The number of hydrogen-bond acceptors (Lipinski definition) is 2. The predicted octanol–water partition coefficient (Wildman–Crippen LogP) is 5.21. The van der Waals surface area contributed by atoms with Gasteiger partial charge in [-0.3, -0.25) is 4.79 Å². The van der Waals surface area contributed by atoms with Crippen LogP contribution in [0, 0.1) is 0 Å². The highest BCUT2D eigenvalue weighted by Crippen LogP contribution is 2.32. The summed E-state index contributed by atoms with van der Waals surface area (Å²) >= 11 is 12.2. The van der Waals surface area contributed by atoms with Gasteiger partial charge in [-0.15, -0.1) is 0 Å². The van der Waals surface area contributed by atoms with E-state index in [1.54, 1.807) is 13.2 Å². The Morgan fingerprint density at radius 3 is 2.73 bits per heavy atom. The molecule has 112 valence electrons. The zero-order chi connectivity index (χ0) is 15.7. The minimum Gasteiger partial charge on any atom is -0.497 e. The zero-order valence-corrected chi connectivity index (χ0v) is 13.5. The summed E-state index contributed by atoms with van der Waals surface area (Å²) in [7, 11) is 1.62. The molecule has 4 heteroatoms. The molecule has 0 aliphatic heterocycles. The highest BCUT2D eigenvalue weighted by atomic mass is 35.5. The van der Waals surface area contributed by atoms with E-state index in [4.69, 9.17) is 27.9 Å². The zero-order valence-electron chi connectivity index (χ0n) is 12.0. The summed E-state index contributed by atoms with van der Waals surface area (Å²) in [6.45, 7) is 0. The molecule has 0 amide bonds. The van der Waals surface area contributed by atoms with E-state index in [0.717, 1.165) is 34.4 Å². The van der Waals surface area contributed by atoms with E-state index in [-0.39, 0.29) is 5.78 Å². The van der Waals surface area contributed by atoms with Gasteiger partial charge >= 0.3 is 0 Å². The number of aryl methyl sites for hydroxylation is 1. The van der Waals surface area contributed by atoms with Crippen molar-refractivity contribution in [2.45, 2.75) is 12.8 Å². The maximum absolute atomic E-state index is 12.6. The van der Waals surface area contributed by atoms with Crippen molar-refractivity contribution in [2.75, 3.05) is 7.11 Å². The lowest BCUT2D eigenvalue weighted by atomic mass is 9.86. The molecule has 1 aliphatic rings. The van der Waals surface area contributed by atoms with E-state index in [0.29, 0.717) is 16.5 Å². The van der Waals surface area contributed by atoms with Gasteiger partial charge in [0.25, 0.3) is 0 Å². The van der Waals surface area contributed by atoms with Crippen LogP contribution in [0.5, 0.6) is 5.75 Å². The van der Waals surface area contributed by atoms with Gasteiger partial charge in [0.05, 0.1) is 17.2 Å². The Balaban J connectivity index is 1.99. The van der Waals surface area contributed by atoms with Crippen LogP contribution in [0.1, 0.15) is 27.9 Å². The molecule has 22 heavy (non-hydrogen) atoms. The molecule has 0 fully saturated rings. The molecule has 0 heterocycles. The van der Waals surface area contributed by atoms with Crippen LogP contribution in [0.4, 0.5) is 0 Å². The number of fused-ring (bicyclic) bond motifs is 1. The van der Waals surface area contributed by atoms with Crippen LogP contribution in [-0.4, -0.2) is 12.9 Å². The second-order valence-corrected chi connectivity index (χ2v) is 5.95. The normalized spacial score (nSPS) is 15.8. The second kappa shape index (κ2) is 6.15. The van der Waals surface area contributed by atoms with Crippen molar-refractivity contribution in [3.8, 4) is 5.75 Å². The van der Waals surface area contributed by atoms with Crippen molar-refractivity contribution in [2.24, 2.45) is 0 Å². The van der Waals surface area contributed by atoms with E-state index in [1.807, 2.05) is 36.4 Å². The van der Waals surface area contributed by atoms with E-state index >= 15 is 0 Å². The van der Waals surface area contributed by atoms with Gasteiger partial charge in [0.2, 0.25) is 0 Å². The lowest BCUT2D eigenvalue weighted by Gasteiger charge is -2.18. The Kier molecular flexibility index (Phi) is 4.23. The molecule has 3 rings (SSSR count). The average molecular weight is 333 g/mol. The fourth-order valence-electron chi connectivity index (χ4n) is 2.64. The smallest absolute Gasteiger partial charge is 0.189 e. The molecule has 1 aliphatic carbocycles. The Morgan fingerprint density at radius 2 is 1.95 bits per heavy atom. The van der Waals surface area contributed by atoms with Crippen molar-refractivity contribution in [1.29, 1.82) is 0 Å². The molecule has 0 saturated carbocycles. The lowest BCUT2D eigenvalue weighted by Crippen LogP contribution is -2.14. The molecule has 0 radical (unpaired) electrons. The summed E-state index contributed by atoms with van der Waals surface area (Å²) in [5.74, 6) is 0.816. The van der Waals surface area contributed by atoms with E-state index < -0.39 is 0 Å². The van der Waals surface area contributed by atoms with Gasteiger partial charge < -0.3 is 4.74 Å². The number of carbonyl (C=O) groups excluding carboxylic acids is 1. The number of halogens is 2. The summed E-state index contributed by atoms with van der Waals surface area (Å²) in [5.41, 5.74) is 3.28. The Bertz CT molecular complexity index is 779. The summed E-state index contributed by atoms with van der Waals surface area (Å²) in [5, 5.41) is 0.967. The summed E-state index contributed by atoms with van der Waals surface area (Å²) < 4.78 is 5.21. The van der Waals surface area contributed by atoms with Crippen molar-refractivity contribution in [3.63, 3.8) is 0 Å². The first-order chi connectivity index (χ1) is 10.6. The number of carbonyl (C=O) groups is 1. The number of ketones is 1. The van der Waals surface area contributed by atoms with Crippen LogP contribution in [0.3, 0.4) is 0 Å². The van der Waals surface area contributed by atoms with Gasteiger partial charge in [0.1, 0.15) is 5.75 Å². The lowest BCUT2D eigenvalue weighted by molar-refractivity contribution is 0.102. The molecule has 2 nitrogen and oxygen atoms in total. The first-order valence-corrected chi connectivity index (χ1v) is 7.72. The highest BCUT2D eigenvalue weighted by Gasteiger charge is 2.22. The van der Waals surface area contributed by atoms with Gasteiger partial charge in [-0.2, -0.15) is 0 Å². The number of Topliss-reactive ketones (excluding diaryl/α,β-unsaturated/α-hetero) is 1. The van der Waals surface area contributed by atoms with Crippen LogP contribution in [0.25, 0.3) is 6.08 Å². The molecular weight excluding hydrogens is 319 g/mol. The third kappa shape index (κ3) is 2.77. The van der Waals surface area contributed by atoms with Gasteiger partial charge in [-0.1, -0.05) is 35.3 Å². The molecule has 0 aromatic heterocycles. The molecule has 0 saturated heterocycles. The number of ether oxygens (including phenoxy) is 1. The summed E-state index contributed by atoms with van der Waals surface area (Å²) in [4.78, 5) is 12.6. The Labute approximate surface area is 139 Å². The van der Waals surface area contributed by atoms with Crippen molar-refractivity contribution in [1.82, 2.24) is 0 Å². The minimum absolute atomic E-state index is 0.0416. The number of hydrogen-bond donors (Lipinski definition) is 0. The molecule has 0 bridgehead atoms. The van der Waals surface area contributed by atoms with Crippen molar-refractivity contribution >= 4 is 35.1 Å². The van der Waals surface area contributed by atoms with E-state index in [9.17, 15) is 4.79 Å². The minimum atomic E-state index is 0.0416. The molecular formula is C18H14Cl2O2. The SMILES string of the molecule is COc1ccc2c(c1)CC/C(=C\c1cccc(Cl)c1Cl)C2=O. The number of methoxy groups -OCH3 is 1. The molecule has 0 unspecified atom stereocenters. The molecule has 0 spiro atoms. The quantitative estimate of drug-likeness (QED) is 0.705. The maximum Gasteiger partial charge on any atom is 0.189 e. The molecule has 2 aromatic rings. The summed E-state index contributed by atoms with van der Waals surface area (Å²) in [6, 6.07) is 11.0. The summed E-state index contributed by atoms with van der Waals surface area (Å²) in [6.07, 6.45) is 3.33. The van der Waals surface area contributed by atoms with Gasteiger partial charge in [-0.25, -0.2) is 0 Å². The molecule has 0 atom stereocenters. The van der Waals surface area contributed by atoms with Crippen LogP contribution >= 0.6 is 23.2 Å². The van der Waals surface area contributed by atoms with Crippen LogP contribution < -0.4 is 4.74 Å². The third-order valence-corrected chi connectivity index (χ3v) is 4.66. The van der Waals surface area contributed by atoms with Crippen molar-refractivity contribution < 1.29 is 9.53 Å². The maximum atomic E-state index is 12.6. The Morgan fingerprint density at radius 1 is 1.14 bits per heavy atom. The van der Waals surface area contributed by atoms with Crippen molar-refractivity contribution in [3.05, 3.63) is 68.7 Å². The monoisotopic (exact) mass is 332 g/mol. The highest BCUT2D eigenvalue weighted by molar-refractivity contribution is 6.43. The largest absolute Gasteiger partial charge is 0.497 e.